The zero-order chi connectivity index (χ0) is 34.6. The van der Waals surface area contributed by atoms with Crippen molar-refractivity contribution in [2.45, 2.75) is 13.3 Å². The van der Waals surface area contributed by atoms with Crippen molar-refractivity contribution in [3.63, 3.8) is 0 Å². The Morgan fingerprint density at radius 3 is 2.02 bits per heavy atom. The van der Waals surface area contributed by atoms with Gasteiger partial charge in [-0.25, -0.2) is 24.0 Å². The Kier molecular flexibility index (Phi) is 18.0. The van der Waals surface area contributed by atoms with E-state index in [2.05, 4.69) is 15.5 Å². The van der Waals surface area contributed by atoms with E-state index >= 15 is 0 Å². The summed E-state index contributed by atoms with van der Waals surface area (Å²) in [5, 5.41) is 37.9. The topological polar surface area (TPSA) is 248 Å². The number of aliphatic carboxylic acids is 4. The van der Waals surface area contributed by atoms with E-state index in [-0.39, 0.29) is 19.1 Å². The molecule has 1 amide bonds. The quantitative estimate of drug-likeness (QED) is 0.105. The molecule has 1 fully saturated rings. The summed E-state index contributed by atoms with van der Waals surface area (Å²) in [7, 11) is 3.12. The summed E-state index contributed by atoms with van der Waals surface area (Å²) in [6.07, 6.45) is 0.948. The van der Waals surface area contributed by atoms with Crippen LogP contribution in [0.1, 0.15) is 23.7 Å². The molecule has 18 heteroatoms. The third-order valence-corrected chi connectivity index (χ3v) is 6.70. The van der Waals surface area contributed by atoms with E-state index in [1.54, 1.807) is 33.3 Å². The lowest BCUT2D eigenvalue weighted by molar-refractivity contribution is -0.159. The molecule has 2 aromatic rings. The SMILES string of the molecule is CCOC(=O)c1c(-c2ccc(OC)c(OC)c2)csc1NC(=O)CNCCCN1CCOCC1.O=C(O)C(=O)O.O=C(O)C(=O)O. The molecule has 0 atom stereocenters. The summed E-state index contributed by atoms with van der Waals surface area (Å²) in [6, 6.07) is 5.42. The molecule has 1 aliphatic heterocycles. The highest BCUT2D eigenvalue weighted by atomic mass is 32.1. The molecule has 1 aliphatic rings. The Bertz CT molecular complexity index is 1290. The predicted octanol–water partition coefficient (Wildman–Crippen LogP) is 1.17. The van der Waals surface area contributed by atoms with Gasteiger partial charge in [-0.3, -0.25) is 9.69 Å². The van der Waals surface area contributed by atoms with Crippen molar-refractivity contribution < 1.29 is 68.1 Å². The molecule has 0 bridgehead atoms. The van der Waals surface area contributed by atoms with Gasteiger partial charge in [-0.05, 0) is 44.1 Å². The van der Waals surface area contributed by atoms with Gasteiger partial charge in [0.05, 0.1) is 40.6 Å². The second kappa shape index (κ2) is 21.0. The minimum absolute atomic E-state index is 0.162. The highest BCUT2D eigenvalue weighted by Crippen LogP contribution is 2.39. The lowest BCUT2D eigenvalue weighted by Gasteiger charge is -2.26. The number of carboxylic acid groups (broad SMARTS) is 4. The number of esters is 1. The van der Waals surface area contributed by atoms with Crippen molar-refractivity contribution in [2.75, 3.05) is 72.1 Å². The molecule has 1 aromatic carbocycles. The van der Waals surface area contributed by atoms with E-state index in [0.29, 0.717) is 27.6 Å². The Morgan fingerprint density at radius 1 is 0.913 bits per heavy atom. The molecule has 2 heterocycles. The number of carbonyl (C=O) groups excluding carboxylic acids is 2. The van der Waals surface area contributed by atoms with Gasteiger partial charge < -0.3 is 50.0 Å². The van der Waals surface area contributed by atoms with Gasteiger partial charge in [-0.15, -0.1) is 11.3 Å². The van der Waals surface area contributed by atoms with E-state index in [1.807, 2.05) is 11.4 Å². The number of anilines is 1. The highest BCUT2D eigenvalue weighted by molar-refractivity contribution is 7.15. The van der Waals surface area contributed by atoms with Crippen LogP contribution in [-0.2, 0) is 33.4 Å². The van der Waals surface area contributed by atoms with E-state index in [0.717, 1.165) is 51.4 Å². The van der Waals surface area contributed by atoms with Gasteiger partial charge in [-0.2, -0.15) is 0 Å². The molecule has 1 aromatic heterocycles. The fraction of sp³-hybridized carbons (Fsp3) is 0.429. The second-order valence-corrected chi connectivity index (χ2v) is 9.78. The maximum absolute atomic E-state index is 12.8. The van der Waals surface area contributed by atoms with Gasteiger partial charge >= 0.3 is 29.8 Å². The molecule has 46 heavy (non-hydrogen) atoms. The Labute approximate surface area is 267 Å². The third-order valence-electron chi connectivity index (χ3n) is 5.80. The molecule has 0 spiro atoms. The zero-order valence-corrected chi connectivity index (χ0v) is 26.2. The van der Waals surface area contributed by atoms with Gasteiger partial charge in [0.25, 0.3) is 0 Å². The highest BCUT2D eigenvalue weighted by Gasteiger charge is 2.23. The normalized spacial score (nSPS) is 12.2. The monoisotopic (exact) mass is 671 g/mol. The summed E-state index contributed by atoms with van der Waals surface area (Å²) < 4.78 is 21.3. The number of nitrogens with zero attached hydrogens (tertiary/aromatic N) is 1. The largest absolute Gasteiger partial charge is 0.493 e. The minimum atomic E-state index is -1.82. The molecule has 0 saturated carbocycles. The van der Waals surface area contributed by atoms with Gasteiger partial charge in [0.2, 0.25) is 5.91 Å². The summed E-state index contributed by atoms with van der Waals surface area (Å²) in [5.41, 5.74) is 1.76. The zero-order valence-electron chi connectivity index (χ0n) is 25.4. The Hall–Kier alpha value is -4.78. The number of benzene rings is 1. The number of thiophene rings is 1. The van der Waals surface area contributed by atoms with Crippen LogP contribution in [0.5, 0.6) is 11.5 Å². The number of amides is 1. The standard InChI is InChI=1S/C24H33N3O6S.2C2H2O4/c1-4-33-24(29)22-18(17-6-7-19(30-2)20(14-17)31-3)16-34-23(22)26-21(28)15-25-8-5-9-27-10-12-32-13-11-27;2*3-1(4)2(5)6/h6-7,14,16,25H,4-5,8-13,15H2,1-3H3,(H,26,28);2*(H,3,4)(H,5,6). The fourth-order valence-corrected chi connectivity index (χ4v) is 4.67. The smallest absolute Gasteiger partial charge is 0.414 e. The van der Waals surface area contributed by atoms with Gasteiger partial charge in [-0.1, -0.05) is 6.07 Å². The fourth-order valence-electron chi connectivity index (χ4n) is 3.70. The minimum Gasteiger partial charge on any atom is -0.493 e. The first-order valence-electron chi connectivity index (χ1n) is 13.6. The van der Waals surface area contributed by atoms with Gasteiger partial charge in [0.15, 0.2) is 11.5 Å². The van der Waals surface area contributed by atoms with E-state index in [4.69, 9.17) is 58.6 Å². The van der Waals surface area contributed by atoms with Crippen LogP contribution >= 0.6 is 11.3 Å². The number of methoxy groups -OCH3 is 2. The second-order valence-electron chi connectivity index (χ2n) is 8.90. The van der Waals surface area contributed by atoms with Crippen molar-refractivity contribution in [2.24, 2.45) is 0 Å². The number of ether oxygens (including phenoxy) is 4. The van der Waals surface area contributed by atoms with Crippen LogP contribution in [0.3, 0.4) is 0 Å². The molecule has 1 saturated heterocycles. The predicted molar refractivity (Wildman–Crippen MR) is 163 cm³/mol. The lowest BCUT2D eigenvalue weighted by Crippen LogP contribution is -2.38. The van der Waals surface area contributed by atoms with Gasteiger partial charge in [0.1, 0.15) is 10.6 Å². The van der Waals surface area contributed by atoms with Crippen molar-refractivity contribution in [1.29, 1.82) is 0 Å². The molecule has 0 radical (unpaired) electrons. The molecule has 6 N–H and O–H groups in total. The van der Waals surface area contributed by atoms with Crippen LogP contribution in [0.2, 0.25) is 0 Å². The number of hydrogen-bond acceptors (Lipinski definition) is 13. The van der Waals surface area contributed by atoms with Gasteiger partial charge in [0, 0.05) is 24.0 Å². The summed E-state index contributed by atoms with van der Waals surface area (Å²) in [6.45, 7) is 7.33. The average molecular weight is 672 g/mol. The van der Waals surface area contributed by atoms with Crippen LogP contribution in [0.25, 0.3) is 11.1 Å². The van der Waals surface area contributed by atoms with Crippen LogP contribution in [-0.4, -0.2) is 128 Å². The molecular weight excluding hydrogens is 634 g/mol. The first kappa shape index (κ1) is 39.2. The molecule has 0 unspecified atom stereocenters. The van der Waals surface area contributed by atoms with E-state index in [1.165, 1.54) is 11.3 Å². The van der Waals surface area contributed by atoms with Crippen molar-refractivity contribution in [1.82, 2.24) is 10.2 Å². The maximum Gasteiger partial charge on any atom is 0.414 e. The Morgan fingerprint density at radius 2 is 1.50 bits per heavy atom. The van der Waals surface area contributed by atoms with Crippen LogP contribution < -0.4 is 20.1 Å². The average Bonchev–Trinajstić information content (AvgIpc) is 3.45. The number of carbonyl (C=O) groups is 6. The van der Waals surface area contributed by atoms with Crippen molar-refractivity contribution in [3.8, 4) is 22.6 Å². The van der Waals surface area contributed by atoms with Crippen LogP contribution in [0, 0.1) is 0 Å². The number of hydrogen-bond donors (Lipinski definition) is 6. The lowest BCUT2D eigenvalue weighted by atomic mass is 10.0. The van der Waals surface area contributed by atoms with Crippen LogP contribution in [0.15, 0.2) is 23.6 Å². The number of rotatable bonds is 12. The Balaban J connectivity index is 0.000000747. The van der Waals surface area contributed by atoms with E-state index < -0.39 is 29.8 Å². The number of carboxylic acids is 4. The molecule has 3 rings (SSSR count). The number of nitrogens with one attached hydrogen (secondary N) is 2. The van der Waals surface area contributed by atoms with Crippen molar-refractivity contribution >= 4 is 52.1 Å². The number of morpholine rings is 1. The molecular formula is C28H37N3O14S. The maximum atomic E-state index is 12.8. The summed E-state index contributed by atoms with van der Waals surface area (Å²) in [4.78, 5) is 64.1. The van der Waals surface area contributed by atoms with Crippen molar-refractivity contribution in [3.05, 3.63) is 29.1 Å². The molecule has 0 aliphatic carbocycles. The molecule has 17 nitrogen and oxygen atoms in total. The molecule has 254 valence electrons. The van der Waals surface area contributed by atoms with Crippen LogP contribution in [0.4, 0.5) is 5.00 Å². The summed E-state index contributed by atoms with van der Waals surface area (Å²) >= 11 is 1.29. The first-order valence-corrected chi connectivity index (χ1v) is 14.5. The first-order chi connectivity index (χ1) is 21.9. The summed E-state index contributed by atoms with van der Waals surface area (Å²) in [5.74, 6) is -6.85. The third kappa shape index (κ3) is 13.9. The van der Waals surface area contributed by atoms with E-state index in [9.17, 15) is 9.59 Å².